The van der Waals surface area contributed by atoms with Gasteiger partial charge in [-0.1, -0.05) is 200 Å². The standard InChI is InChI=1S/C53H35OP/c54-55(42-20-9-3-10-21-42,43-22-11-4-12-23-43)44-29-33-47-46-31-28-39(45-30-26-38-25-24-36-14-13-15-37-27-32-48(45)52(38)51(36)37)34-49(46)53(50(47)35-44,40-16-5-1-6-17-40)41-18-7-2-8-19-41/h1-35H. The molecule has 0 saturated heterocycles. The summed E-state index contributed by atoms with van der Waals surface area (Å²) in [6, 6.07) is 75.7. The van der Waals surface area contributed by atoms with Crippen molar-refractivity contribution in [1.82, 2.24) is 0 Å². The van der Waals surface area contributed by atoms with Crippen LogP contribution in [0.5, 0.6) is 0 Å². The van der Waals surface area contributed by atoms with Crippen molar-refractivity contribution in [1.29, 1.82) is 0 Å². The third-order valence-electron chi connectivity index (χ3n) is 12.0. The van der Waals surface area contributed by atoms with Crippen molar-refractivity contribution in [3.8, 4) is 22.3 Å². The molecular formula is C53H35OP. The van der Waals surface area contributed by atoms with Gasteiger partial charge in [-0.25, -0.2) is 0 Å². The van der Waals surface area contributed by atoms with Gasteiger partial charge in [0.15, 0.2) is 7.14 Å². The van der Waals surface area contributed by atoms with Crippen molar-refractivity contribution in [2.75, 3.05) is 0 Å². The Morgan fingerprint density at radius 1 is 0.345 bits per heavy atom. The Kier molecular flexibility index (Phi) is 7.12. The Labute approximate surface area is 320 Å². The molecule has 1 nitrogen and oxygen atoms in total. The summed E-state index contributed by atoms with van der Waals surface area (Å²) in [5.74, 6) is 0. The molecule has 0 aliphatic heterocycles. The van der Waals surface area contributed by atoms with Gasteiger partial charge >= 0.3 is 0 Å². The molecule has 0 N–H and O–H groups in total. The highest BCUT2D eigenvalue weighted by molar-refractivity contribution is 7.85. The van der Waals surface area contributed by atoms with Gasteiger partial charge in [0.05, 0.1) is 5.41 Å². The fraction of sp³-hybridized carbons (Fsp3) is 0.0189. The van der Waals surface area contributed by atoms with E-state index in [2.05, 4.69) is 152 Å². The lowest BCUT2D eigenvalue weighted by atomic mass is 9.67. The van der Waals surface area contributed by atoms with Crippen LogP contribution in [0.15, 0.2) is 212 Å². The van der Waals surface area contributed by atoms with Crippen LogP contribution in [0.2, 0.25) is 0 Å². The summed E-state index contributed by atoms with van der Waals surface area (Å²) in [5, 5.41) is 10.2. The van der Waals surface area contributed by atoms with Crippen LogP contribution in [-0.2, 0) is 9.98 Å². The molecule has 258 valence electrons. The summed E-state index contributed by atoms with van der Waals surface area (Å²) >= 11 is 0. The van der Waals surface area contributed by atoms with Crippen LogP contribution in [0.25, 0.3) is 54.6 Å². The Hall–Kier alpha value is -6.53. The van der Waals surface area contributed by atoms with E-state index in [-0.39, 0.29) is 0 Å². The first-order valence-electron chi connectivity index (χ1n) is 18.9. The molecule has 0 spiro atoms. The molecule has 0 radical (unpaired) electrons. The first-order chi connectivity index (χ1) is 27.2. The van der Waals surface area contributed by atoms with Crippen molar-refractivity contribution in [3.05, 3.63) is 235 Å². The molecule has 10 aromatic carbocycles. The van der Waals surface area contributed by atoms with E-state index in [4.69, 9.17) is 0 Å². The summed E-state index contributed by atoms with van der Waals surface area (Å²) < 4.78 is 15.9. The lowest BCUT2D eigenvalue weighted by Gasteiger charge is -2.34. The maximum Gasteiger partial charge on any atom is 0.171 e. The minimum Gasteiger partial charge on any atom is -0.309 e. The van der Waals surface area contributed by atoms with Crippen molar-refractivity contribution in [3.63, 3.8) is 0 Å². The van der Waals surface area contributed by atoms with E-state index < -0.39 is 12.6 Å². The van der Waals surface area contributed by atoms with Crippen molar-refractivity contribution >= 4 is 55.4 Å². The molecule has 1 aliphatic carbocycles. The molecule has 0 heterocycles. The van der Waals surface area contributed by atoms with Gasteiger partial charge in [0.25, 0.3) is 0 Å². The van der Waals surface area contributed by atoms with E-state index in [1.54, 1.807) is 0 Å². The summed E-state index contributed by atoms with van der Waals surface area (Å²) in [7, 11) is -3.26. The zero-order chi connectivity index (χ0) is 36.6. The summed E-state index contributed by atoms with van der Waals surface area (Å²) in [6.07, 6.45) is 0. The second-order valence-electron chi connectivity index (χ2n) is 14.7. The predicted molar refractivity (Wildman–Crippen MR) is 232 cm³/mol. The van der Waals surface area contributed by atoms with Crippen LogP contribution >= 0.6 is 7.14 Å². The quantitative estimate of drug-likeness (QED) is 0.124. The van der Waals surface area contributed by atoms with Crippen LogP contribution in [0.3, 0.4) is 0 Å². The number of fused-ring (bicyclic) bond motifs is 3. The molecule has 0 aromatic heterocycles. The van der Waals surface area contributed by atoms with Gasteiger partial charge in [-0.05, 0) is 89.0 Å². The van der Waals surface area contributed by atoms with Gasteiger partial charge in [0, 0.05) is 15.9 Å². The summed E-state index contributed by atoms with van der Waals surface area (Å²) in [5.41, 5.74) is 8.84. The molecule has 0 amide bonds. The van der Waals surface area contributed by atoms with Crippen LogP contribution in [-0.4, -0.2) is 0 Å². The summed E-state index contributed by atoms with van der Waals surface area (Å²) in [6.45, 7) is 0. The first kappa shape index (κ1) is 31.9. The Morgan fingerprint density at radius 3 is 1.42 bits per heavy atom. The predicted octanol–water partition coefficient (Wildman–Crippen LogP) is 12.3. The zero-order valence-corrected chi connectivity index (χ0v) is 31.0. The van der Waals surface area contributed by atoms with Gasteiger partial charge < -0.3 is 4.57 Å². The zero-order valence-electron chi connectivity index (χ0n) is 30.1. The number of benzene rings is 10. The van der Waals surface area contributed by atoms with Crippen LogP contribution in [0.1, 0.15) is 22.3 Å². The molecule has 0 atom stereocenters. The lowest BCUT2D eigenvalue weighted by Crippen LogP contribution is -2.31. The fourth-order valence-corrected chi connectivity index (χ4v) is 12.2. The van der Waals surface area contributed by atoms with Crippen LogP contribution in [0.4, 0.5) is 0 Å². The Morgan fingerprint density at radius 2 is 0.818 bits per heavy atom. The van der Waals surface area contributed by atoms with E-state index in [1.165, 1.54) is 71.3 Å². The van der Waals surface area contributed by atoms with Gasteiger partial charge in [-0.2, -0.15) is 0 Å². The third-order valence-corrected chi connectivity index (χ3v) is 15.0. The van der Waals surface area contributed by atoms with Crippen molar-refractivity contribution in [2.45, 2.75) is 5.41 Å². The van der Waals surface area contributed by atoms with E-state index in [9.17, 15) is 0 Å². The molecule has 0 bridgehead atoms. The maximum atomic E-state index is 15.9. The molecule has 11 rings (SSSR count). The van der Waals surface area contributed by atoms with Gasteiger partial charge in [0.1, 0.15) is 0 Å². The molecular weight excluding hydrogens is 684 g/mol. The maximum absolute atomic E-state index is 15.9. The van der Waals surface area contributed by atoms with Crippen molar-refractivity contribution in [2.24, 2.45) is 0 Å². The third kappa shape index (κ3) is 4.57. The average Bonchev–Trinajstić information content (AvgIpc) is 3.56. The van der Waals surface area contributed by atoms with E-state index in [0.717, 1.165) is 21.5 Å². The van der Waals surface area contributed by atoms with E-state index in [0.29, 0.717) is 0 Å². The molecule has 0 fully saturated rings. The molecule has 0 unspecified atom stereocenters. The largest absolute Gasteiger partial charge is 0.309 e. The molecule has 55 heavy (non-hydrogen) atoms. The molecule has 0 saturated carbocycles. The minimum atomic E-state index is -3.26. The number of hydrogen-bond donors (Lipinski definition) is 0. The second kappa shape index (κ2) is 12.3. The fourth-order valence-electron chi connectivity index (χ4n) is 9.55. The number of rotatable bonds is 6. The normalized spacial score (nSPS) is 13.3. The molecule has 2 heteroatoms. The van der Waals surface area contributed by atoms with Crippen LogP contribution in [0, 0.1) is 0 Å². The highest BCUT2D eigenvalue weighted by atomic mass is 31.2. The van der Waals surface area contributed by atoms with E-state index >= 15 is 4.57 Å². The van der Waals surface area contributed by atoms with Gasteiger partial charge in [-0.3, -0.25) is 0 Å². The highest BCUT2D eigenvalue weighted by Gasteiger charge is 2.47. The molecule has 1 aliphatic rings. The SMILES string of the molecule is O=P(c1ccccc1)(c1ccccc1)c1ccc2c(c1)C(c1ccccc1)(c1ccccc1)c1cc(-c3ccc4ccc5cccc6ccc3c4c56)ccc1-2. The van der Waals surface area contributed by atoms with Gasteiger partial charge in [-0.15, -0.1) is 0 Å². The monoisotopic (exact) mass is 718 g/mol. The lowest BCUT2D eigenvalue weighted by molar-refractivity contribution is 0.592. The Bertz CT molecular complexity index is 3000. The summed E-state index contributed by atoms with van der Waals surface area (Å²) in [4.78, 5) is 0. The second-order valence-corrected chi connectivity index (χ2v) is 17.5. The molecule has 10 aromatic rings. The van der Waals surface area contributed by atoms with Crippen LogP contribution < -0.4 is 15.9 Å². The number of hydrogen-bond acceptors (Lipinski definition) is 1. The Balaban J connectivity index is 1.21. The average molecular weight is 719 g/mol. The topological polar surface area (TPSA) is 17.1 Å². The van der Waals surface area contributed by atoms with E-state index in [1.807, 2.05) is 60.7 Å². The smallest absolute Gasteiger partial charge is 0.171 e. The van der Waals surface area contributed by atoms with Crippen molar-refractivity contribution < 1.29 is 4.57 Å². The minimum absolute atomic E-state index is 0.665. The van der Waals surface area contributed by atoms with Gasteiger partial charge in [0.2, 0.25) is 0 Å². The first-order valence-corrected chi connectivity index (χ1v) is 20.7. The highest BCUT2D eigenvalue weighted by Crippen LogP contribution is 2.58.